The molecule has 1 heterocycles. The number of carbonyl (C=O) groups excluding carboxylic acids is 1. The third-order valence-electron chi connectivity index (χ3n) is 2.27. The van der Waals surface area contributed by atoms with Crippen LogP contribution >= 0.6 is 0 Å². The zero-order valence-corrected chi connectivity index (χ0v) is 9.86. The van der Waals surface area contributed by atoms with Crippen LogP contribution in [0.15, 0.2) is 24.4 Å². The summed E-state index contributed by atoms with van der Waals surface area (Å²) in [4.78, 5) is 15.6. The number of rotatable bonds is 6. The average molecular weight is 221 g/mol. The topological polar surface area (TPSA) is 54.0 Å². The number of amides is 1. The van der Waals surface area contributed by atoms with Crippen LogP contribution < -0.4 is 10.6 Å². The van der Waals surface area contributed by atoms with Crippen molar-refractivity contribution >= 4 is 5.91 Å². The van der Waals surface area contributed by atoms with Crippen molar-refractivity contribution in [3.05, 3.63) is 30.1 Å². The smallest absolute Gasteiger partial charge is 0.233 e. The first kappa shape index (κ1) is 12.6. The normalized spacial score (nSPS) is 12.1. The molecule has 1 aromatic rings. The Hall–Kier alpha value is -1.42. The summed E-state index contributed by atoms with van der Waals surface area (Å²) in [6.07, 6.45) is 2.71. The van der Waals surface area contributed by atoms with Gasteiger partial charge in [0.25, 0.3) is 0 Å². The molecule has 0 fully saturated rings. The first-order chi connectivity index (χ1) is 7.74. The number of nitrogens with one attached hydrogen (secondary N) is 2. The van der Waals surface area contributed by atoms with Gasteiger partial charge in [0.15, 0.2) is 0 Å². The molecule has 0 aliphatic heterocycles. The fourth-order valence-electron chi connectivity index (χ4n) is 1.31. The Bertz CT molecular complexity index is 313. The first-order valence-corrected chi connectivity index (χ1v) is 5.65. The van der Waals surface area contributed by atoms with Gasteiger partial charge in [-0.1, -0.05) is 13.0 Å². The number of aromatic nitrogens is 1. The van der Waals surface area contributed by atoms with Gasteiger partial charge in [-0.2, -0.15) is 0 Å². The Balaban J connectivity index is 2.30. The molecule has 1 atom stereocenters. The largest absolute Gasteiger partial charge is 0.355 e. The predicted octanol–water partition coefficient (Wildman–Crippen LogP) is 1.26. The van der Waals surface area contributed by atoms with E-state index in [1.807, 2.05) is 32.0 Å². The Labute approximate surface area is 96.5 Å². The number of carbonyl (C=O) groups is 1. The second kappa shape index (κ2) is 6.95. The van der Waals surface area contributed by atoms with Crippen molar-refractivity contribution in [3.63, 3.8) is 0 Å². The minimum atomic E-state index is 0.0321. The van der Waals surface area contributed by atoms with Crippen LogP contribution in [0, 0.1) is 0 Å². The molecule has 0 unspecified atom stereocenters. The number of nitrogens with zero attached hydrogens (tertiary/aromatic N) is 1. The van der Waals surface area contributed by atoms with Crippen LogP contribution in [-0.4, -0.2) is 24.0 Å². The maximum absolute atomic E-state index is 11.3. The molecule has 0 spiro atoms. The Morgan fingerprint density at radius 1 is 1.50 bits per heavy atom. The van der Waals surface area contributed by atoms with Crippen LogP contribution in [0.2, 0.25) is 0 Å². The highest BCUT2D eigenvalue weighted by atomic mass is 16.1. The lowest BCUT2D eigenvalue weighted by atomic mass is 10.2. The van der Waals surface area contributed by atoms with Crippen molar-refractivity contribution in [2.45, 2.75) is 26.3 Å². The van der Waals surface area contributed by atoms with Crippen LogP contribution in [0.5, 0.6) is 0 Å². The van der Waals surface area contributed by atoms with Gasteiger partial charge in [0, 0.05) is 18.8 Å². The summed E-state index contributed by atoms with van der Waals surface area (Å²) in [6.45, 7) is 5.09. The zero-order valence-electron chi connectivity index (χ0n) is 9.86. The van der Waals surface area contributed by atoms with E-state index in [4.69, 9.17) is 0 Å². The third-order valence-corrected chi connectivity index (χ3v) is 2.27. The van der Waals surface area contributed by atoms with E-state index in [1.54, 1.807) is 6.20 Å². The standard InChI is InChI=1S/C12H19N3O/c1-3-7-14-12(16)9-15-10(2)11-6-4-5-8-13-11/h4-6,8,10,15H,3,7,9H2,1-2H3,(H,14,16)/t10-/m1/s1. The maximum atomic E-state index is 11.3. The van der Waals surface area contributed by atoms with Crippen LogP contribution in [0.4, 0.5) is 0 Å². The highest BCUT2D eigenvalue weighted by Crippen LogP contribution is 2.06. The van der Waals surface area contributed by atoms with Gasteiger partial charge >= 0.3 is 0 Å². The molecule has 0 radical (unpaired) electrons. The Morgan fingerprint density at radius 2 is 2.31 bits per heavy atom. The van der Waals surface area contributed by atoms with Gasteiger partial charge in [-0.25, -0.2) is 0 Å². The molecule has 0 saturated heterocycles. The number of hydrogen-bond acceptors (Lipinski definition) is 3. The SMILES string of the molecule is CCCNC(=O)CN[C@H](C)c1ccccn1. The Morgan fingerprint density at radius 3 is 2.94 bits per heavy atom. The van der Waals surface area contributed by atoms with Crippen molar-refractivity contribution in [2.75, 3.05) is 13.1 Å². The van der Waals surface area contributed by atoms with Crippen molar-refractivity contribution in [3.8, 4) is 0 Å². The van der Waals surface area contributed by atoms with E-state index in [0.29, 0.717) is 6.54 Å². The maximum Gasteiger partial charge on any atom is 0.233 e. The van der Waals surface area contributed by atoms with Gasteiger partial charge in [-0.15, -0.1) is 0 Å². The van der Waals surface area contributed by atoms with Gasteiger partial charge in [0.05, 0.1) is 12.2 Å². The molecule has 0 saturated carbocycles. The van der Waals surface area contributed by atoms with Gasteiger partial charge in [0.1, 0.15) is 0 Å². The van der Waals surface area contributed by atoms with Gasteiger partial charge in [0.2, 0.25) is 5.91 Å². The molecule has 1 rings (SSSR count). The quantitative estimate of drug-likeness (QED) is 0.760. The summed E-state index contributed by atoms with van der Waals surface area (Å²) in [7, 11) is 0. The average Bonchev–Trinajstić information content (AvgIpc) is 2.34. The van der Waals surface area contributed by atoms with E-state index in [-0.39, 0.29) is 11.9 Å². The highest BCUT2D eigenvalue weighted by Gasteiger charge is 2.07. The lowest BCUT2D eigenvalue weighted by molar-refractivity contribution is -0.120. The predicted molar refractivity (Wildman–Crippen MR) is 64.0 cm³/mol. The molecular formula is C12H19N3O. The van der Waals surface area contributed by atoms with Crippen molar-refractivity contribution < 1.29 is 4.79 Å². The fourth-order valence-corrected chi connectivity index (χ4v) is 1.31. The second-order valence-corrected chi connectivity index (χ2v) is 3.71. The fraction of sp³-hybridized carbons (Fsp3) is 0.500. The van der Waals surface area contributed by atoms with Crippen LogP contribution in [0.3, 0.4) is 0 Å². The molecule has 0 aliphatic carbocycles. The summed E-state index contributed by atoms with van der Waals surface area (Å²) in [5.74, 6) is 0.0321. The van der Waals surface area contributed by atoms with Crippen LogP contribution in [0.25, 0.3) is 0 Å². The molecule has 1 amide bonds. The van der Waals surface area contributed by atoms with Crippen molar-refractivity contribution in [2.24, 2.45) is 0 Å². The second-order valence-electron chi connectivity index (χ2n) is 3.71. The van der Waals surface area contributed by atoms with Gasteiger partial charge in [-0.3, -0.25) is 9.78 Å². The van der Waals surface area contributed by atoms with Crippen molar-refractivity contribution in [1.29, 1.82) is 0 Å². The summed E-state index contributed by atoms with van der Waals surface area (Å²) in [6, 6.07) is 5.86. The number of pyridine rings is 1. The molecule has 88 valence electrons. The zero-order chi connectivity index (χ0) is 11.8. The van der Waals surface area contributed by atoms with E-state index in [1.165, 1.54) is 0 Å². The van der Waals surface area contributed by atoms with Crippen LogP contribution in [-0.2, 0) is 4.79 Å². The van der Waals surface area contributed by atoms with E-state index in [0.717, 1.165) is 18.7 Å². The summed E-state index contributed by atoms with van der Waals surface area (Å²) >= 11 is 0. The summed E-state index contributed by atoms with van der Waals surface area (Å²) in [5, 5.41) is 5.95. The lowest BCUT2D eigenvalue weighted by Crippen LogP contribution is -2.35. The summed E-state index contributed by atoms with van der Waals surface area (Å²) in [5.41, 5.74) is 0.950. The van der Waals surface area contributed by atoms with E-state index >= 15 is 0 Å². The molecule has 0 aromatic carbocycles. The summed E-state index contributed by atoms with van der Waals surface area (Å²) < 4.78 is 0. The van der Waals surface area contributed by atoms with E-state index in [2.05, 4.69) is 15.6 Å². The third kappa shape index (κ3) is 4.40. The minimum Gasteiger partial charge on any atom is -0.355 e. The molecule has 16 heavy (non-hydrogen) atoms. The highest BCUT2D eigenvalue weighted by molar-refractivity contribution is 5.77. The molecule has 1 aromatic heterocycles. The van der Waals surface area contributed by atoms with Gasteiger partial charge < -0.3 is 10.6 Å². The molecule has 2 N–H and O–H groups in total. The molecule has 0 bridgehead atoms. The Kier molecular flexibility index (Phi) is 5.50. The van der Waals surface area contributed by atoms with E-state index < -0.39 is 0 Å². The first-order valence-electron chi connectivity index (χ1n) is 5.65. The van der Waals surface area contributed by atoms with Gasteiger partial charge in [-0.05, 0) is 25.5 Å². The molecule has 4 heteroatoms. The van der Waals surface area contributed by atoms with Crippen molar-refractivity contribution in [1.82, 2.24) is 15.6 Å². The lowest BCUT2D eigenvalue weighted by Gasteiger charge is -2.12. The van der Waals surface area contributed by atoms with E-state index in [9.17, 15) is 4.79 Å². The monoisotopic (exact) mass is 221 g/mol. The number of hydrogen-bond donors (Lipinski definition) is 2. The molecule has 4 nitrogen and oxygen atoms in total. The minimum absolute atomic E-state index is 0.0321. The van der Waals surface area contributed by atoms with Crippen LogP contribution in [0.1, 0.15) is 32.0 Å². The molecule has 0 aliphatic rings. The molecular weight excluding hydrogens is 202 g/mol.